The lowest BCUT2D eigenvalue weighted by molar-refractivity contribution is 0.165. The Bertz CT molecular complexity index is 248. The quantitative estimate of drug-likeness (QED) is 0.737. The zero-order valence-corrected chi connectivity index (χ0v) is 8.48. The van der Waals surface area contributed by atoms with Gasteiger partial charge in [0, 0.05) is 9.75 Å². The summed E-state index contributed by atoms with van der Waals surface area (Å²) in [5.74, 6) is 0. The summed E-state index contributed by atoms with van der Waals surface area (Å²) in [7, 11) is 0. The zero-order valence-electron chi connectivity index (χ0n) is 7.66. The fourth-order valence-corrected chi connectivity index (χ4v) is 2.15. The SMILES string of the molecule is Cc1cc([C@H](N)[C@@H](C)O)sc1C. The molecule has 0 amide bonds. The molecule has 3 heteroatoms. The van der Waals surface area contributed by atoms with E-state index in [1.807, 2.05) is 0 Å². The summed E-state index contributed by atoms with van der Waals surface area (Å²) in [5, 5.41) is 9.26. The molecular formula is C9H15NOS. The van der Waals surface area contributed by atoms with E-state index in [1.54, 1.807) is 18.3 Å². The van der Waals surface area contributed by atoms with E-state index in [0.717, 1.165) is 4.88 Å². The molecular weight excluding hydrogens is 170 g/mol. The molecule has 0 radical (unpaired) electrons. The van der Waals surface area contributed by atoms with Gasteiger partial charge in [0.25, 0.3) is 0 Å². The van der Waals surface area contributed by atoms with E-state index >= 15 is 0 Å². The van der Waals surface area contributed by atoms with Crippen molar-refractivity contribution in [3.05, 3.63) is 21.4 Å². The number of thiophene rings is 1. The average molecular weight is 185 g/mol. The Morgan fingerprint density at radius 1 is 1.50 bits per heavy atom. The normalized spacial score (nSPS) is 16.1. The highest BCUT2D eigenvalue weighted by Crippen LogP contribution is 2.26. The molecule has 0 aliphatic heterocycles. The standard InChI is InChI=1S/C9H15NOS/c1-5-4-8(12-7(5)3)9(10)6(2)11/h4,6,9,11H,10H2,1-3H3/t6-,9-/m1/s1. The molecule has 2 nitrogen and oxygen atoms in total. The van der Waals surface area contributed by atoms with Crippen molar-refractivity contribution in [1.29, 1.82) is 0 Å². The lowest BCUT2D eigenvalue weighted by atomic mass is 10.1. The molecule has 0 aliphatic carbocycles. The van der Waals surface area contributed by atoms with Gasteiger partial charge in [0.1, 0.15) is 0 Å². The van der Waals surface area contributed by atoms with Crippen LogP contribution in [0.5, 0.6) is 0 Å². The van der Waals surface area contributed by atoms with Gasteiger partial charge in [0.2, 0.25) is 0 Å². The summed E-state index contributed by atoms with van der Waals surface area (Å²) in [5.41, 5.74) is 7.04. The van der Waals surface area contributed by atoms with E-state index in [1.165, 1.54) is 10.4 Å². The largest absolute Gasteiger partial charge is 0.391 e. The Morgan fingerprint density at radius 3 is 2.42 bits per heavy atom. The number of hydrogen-bond acceptors (Lipinski definition) is 3. The number of aryl methyl sites for hydroxylation is 2. The van der Waals surface area contributed by atoms with E-state index in [0.29, 0.717) is 0 Å². The van der Waals surface area contributed by atoms with Gasteiger partial charge in [-0.2, -0.15) is 0 Å². The van der Waals surface area contributed by atoms with E-state index in [9.17, 15) is 5.11 Å². The van der Waals surface area contributed by atoms with Crippen LogP contribution in [0.2, 0.25) is 0 Å². The third-order valence-electron chi connectivity index (χ3n) is 2.03. The van der Waals surface area contributed by atoms with Crippen LogP contribution in [0.4, 0.5) is 0 Å². The van der Waals surface area contributed by atoms with Crippen LogP contribution in [-0.4, -0.2) is 11.2 Å². The van der Waals surface area contributed by atoms with Crippen molar-refractivity contribution in [3.63, 3.8) is 0 Å². The first kappa shape index (κ1) is 9.71. The van der Waals surface area contributed by atoms with E-state index in [-0.39, 0.29) is 6.04 Å². The summed E-state index contributed by atoms with van der Waals surface area (Å²) in [6, 6.07) is 1.82. The van der Waals surface area contributed by atoms with Crippen molar-refractivity contribution in [2.45, 2.75) is 32.9 Å². The molecule has 0 fully saturated rings. The van der Waals surface area contributed by atoms with Gasteiger partial charge in [0.05, 0.1) is 12.1 Å². The molecule has 0 spiro atoms. The zero-order chi connectivity index (χ0) is 9.30. The van der Waals surface area contributed by atoms with Crippen molar-refractivity contribution in [2.24, 2.45) is 5.73 Å². The molecule has 1 rings (SSSR count). The van der Waals surface area contributed by atoms with Crippen LogP contribution in [0.25, 0.3) is 0 Å². The topological polar surface area (TPSA) is 46.2 Å². The molecule has 0 saturated carbocycles. The third-order valence-corrected chi connectivity index (χ3v) is 3.29. The molecule has 1 aromatic rings. The van der Waals surface area contributed by atoms with E-state index in [2.05, 4.69) is 19.9 Å². The van der Waals surface area contributed by atoms with Gasteiger partial charge in [-0.15, -0.1) is 11.3 Å². The van der Waals surface area contributed by atoms with Crippen LogP contribution in [0.3, 0.4) is 0 Å². The van der Waals surface area contributed by atoms with Crippen LogP contribution >= 0.6 is 11.3 Å². The van der Waals surface area contributed by atoms with Gasteiger partial charge in [-0.3, -0.25) is 0 Å². The minimum atomic E-state index is -0.470. The van der Waals surface area contributed by atoms with E-state index < -0.39 is 6.10 Å². The monoisotopic (exact) mass is 185 g/mol. The molecule has 0 bridgehead atoms. The minimum absolute atomic E-state index is 0.234. The summed E-state index contributed by atoms with van der Waals surface area (Å²) in [6.45, 7) is 5.84. The van der Waals surface area contributed by atoms with Gasteiger partial charge in [-0.25, -0.2) is 0 Å². The average Bonchev–Trinajstić information content (AvgIpc) is 2.30. The fraction of sp³-hybridized carbons (Fsp3) is 0.556. The number of rotatable bonds is 2. The van der Waals surface area contributed by atoms with Gasteiger partial charge in [-0.05, 0) is 32.4 Å². The van der Waals surface area contributed by atoms with Gasteiger partial charge >= 0.3 is 0 Å². The van der Waals surface area contributed by atoms with Gasteiger partial charge < -0.3 is 10.8 Å². The molecule has 3 N–H and O–H groups in total. The number of aliphatic hydroxyl groups excluding tert-OH is 1. The molecule has 12 heavy (non-hydrogen) atoms. The lowest BCUT2D eigenvalue weighted by Crippen LogP contribution is -2.21. The maximum Gasteiger partial charge on any atom is 0.0712 e. The Labute approximate surface area is 77.0 Å². The van der Waals surface area contributed by atoms with Gasteiger partial charge in [-0.1, -0.05) is 0 Å². The highest BCUT2D eigenvalue weighted by molar-refractivity contribution is 7.12. The predicted molar refractivity (Wildman–Crippen MR) is 52.4 cm³/mol. The van der Waals surface area contributed by atoms with E-state index in [4.69, 9.17) is 5.73 Å². The summed E-state index contributed by atoms with van der Waals surface area (Å²) in [6.07, 6.45) is -0.470. The first-order chi connectivity index (χ1) is 5.52. The Kier molecular flexibility index (Phi) is 2.88. The molecule has 0 aliphatic rings. The molecule has 68 valence electrons. The third kappa shape index (κ3) is 1.86. The molecule has 0 saturated heterocycles. The van der Waals surface area contributed by atoms with Crippen molar-refractivity contribution in [3.8, 4) is 0 Å². The van der Waals surface area contributed by atoms with Crippen molar-refractivity contribution < 1.29 is 5.11 Å². The fourth-order valence-electron chi connectivity index (χ4n) is 1.00. The second-order valence-electron chi connectivity index (χ2n) is 3.15. The van der Waals surface area contributed by atoms with Crippen LogP contribution in [0.1, 0.15) is 28.3 Å². The highest BCUT2D eigenvalue weighted by Gasteiger charge is 2.14. The van der Waals surface area contributed by atoms with Crippen LogP contribution < -0.4 is 5.73 Å². The van der Waals surface area contributed by atoms with Crippen LogP contribution in [-0.2, 0) is 0 Å². The molecule has 0 aromatic carbocycles. The van der Waals surface area contributed by atoms with Crippen LogP contribution in [0.15, 0.2) is 6.07 Å². The van der Waals surface area contributed by atoms with Crippen molar-refractivity contribution in [2.75, 3.05) is 0 Å². The number of aliphatic hydroxyl groups is 1. The molecule has 1 heterocycles. The maximum atomic E-state index is 9.26. The minimum Gasteiger partial charge on any atom is -0.391 e. The first-order valence-electron chi connectivity index (χ1n) is 4.03. The van der Waals surface area contributed by atoms with Gasteiger partial charge in [0.15, 0.2) is 0 Å². The summed E-state index contributed by atoms with van der Waals surface area (Å²) < 4.78 is 0. The smallest absolute Gasteiger partial charge is 0.0712 e. The van der Waals surface area contributed by atoms with Crippen LogP contribution in [0, 0.1) is 13.8 Å². The Morgan fingerprint density at radius 2 is 2.08 bits per heavy atom. The second kappa shape index (κ2) is 3.56. The summed E-state index contributed by atoms with van der Waals surface area (Å²) >= 11 is 1.67. The molecule has 1 aromatic heterocycles. The number of hydrogen-bond donors (Lipinski definition) is 2. The lowest BCUT2D eigenvalue weighted by Gasteiger charge is -2.11. The van der Waals surface area contributed by atoms with Crippen molar-refractivity contribution in [1.82, 2.24) is 0 Å². The predicted octanol–water partition coefficient (Wildman–Crippen LogP) is 1.75. The second-order valence-corrected chi connectivity index (χ2v) is 4.44. The molecule has 0 unspecified atom stereocenters. The summed E-state index contributed by atoms with van der Waals surface area (Å²) in [4.78, 5) is 2.35. The maximum absolute atomic E-state index is 9.26. The highest BCUT2D eigenvalue weighted by atomic mass is 32.1. The first-order valence-corrected chi connectivity index (χ1v) is 4.84. The Hall–Kier alpha value is -0.380. The Balaban J connectivity index is 2.89. The number of nitrogens with two attached hydrogens (primary N) is 1. The molecule has 2 atom stereocenters. The van der Waals surface area contributed by atoms with Crippen molar-refractivity contribution >= 4 is 11.3 Å².